The Hall–Kier alpha value is -2.02. The zero-order chi connectivity index (χ0) is 20.6. The van der Waals surface area contributed by atoms with Crippen molar-refractivity contribution in [2.75, 3.05) is 6.61 Å². The van der Waals surface area contributed by atoms with Crippen LogP contribution in [-0.2, 0) is 0 Å². The molecule has 1 saturated carbocycles. The molecule has 7 heteroatoms. The SMILES string of the molecule is CCCCOc1ccc2c(sc3c(F)c(OC(F)(F)C4CCCC4)ccc32)c1F. The molecule has 1 aliphatic rings. The molecule has 1 aromatic heterocycles. The van der Waals surface area contributed by atoms with E-state index in [-0.39, 0.29) is 15.1 Å². The van der Waals surface area contributed by atoms with Crippen LogP contribution in [0.15, 0.2) is 24.3 Å². The summed E-state index contributed by atoms with van der Waals surface area (Å²) in [6, 6.07) is 5.91. The quantitative estimate of drug-likeness (QED) is 0.285. The van der Waals surface area contributed by atoms with Crippen molar-refractivity contribution in [1.82, 2.24) is 0 Å². The first-order chi connectivity index (χ1) is 13.9. The van der Waals surface area contributed by atoms with Crippen molar-refractivity contribution in [3.63, 3.8) is 0 Å². The number of benzene rings is 2. The number of hydrogen-bond donors (Lipinski definition) is 0. The minimum Gasteiger partial charge on any atom is -0.490 e. The normalized spacial score (nSPS) is 15.5. The molecule has 1 fully saturated rings. The summed E-state index contributed by atoms with van der Waals surface area (Å²) in [5, 5.41) is 0.997. The summed E-state index contributed by atoms with van der Waals surface area (Å²) in [5.74, 6) is -2.73. The van der Waals surface area contributed by atoms with Crippen LogP contribution in [0.1, 0.15) is 45.4 Å². The first kappa shape index (κ1) is 20.3. The van der Waals surface area contributed by atoms with Crippen LogP contribution in [0.5, 0.6) is 11.5 Å². The van der Waals surface area contributed by atoms with Gasteiger partial charge >= 0.3 is 6.11 Å². The number of alkyl halides is 2. The Morgan fingerprint density at radius 2 is 1.55 bits per heavy atom. The molecule has 4 rings (SSSR count). The molecule has 29 heavy (non-hydrogen) atoms. The summed E-state index contributed by atoms with van der Waals surface area (Å²) in [6.07, 6.45) is 0.484. The maximum absolute atomic E-state index is 15.0. The van der Waals surface area contributed by atoms with E-state index in [1.54, 1.807) is 6.07 Å². The van der Waals surface area contributed by atoms with Gasteiger partial charge < -0.3 is 9.47 Å². The van der Waals surface area contributed by atoms with Crippen molar-refractivity contribution in [2.24, 2.45) is 5.92 Å². The van der Waals surface area contributed by atoms with Gasteiger partial charge in [0.15, 0.2) is 23.1 Å². The first-order valence-corrected chi connectivity index (χ1v) is 10.8. The molecule has 2 nitrogen and oxygen atoms in total. The smallest absolute Gasteiger partial charge is 0.400 e. The summed E-state index contributed by atoms with van der Waals surface area (Å²) in [5.41, 5.74) is 0. The number of thiophene rings is 1. The number of hydrogen-bond acceptors (Lipinski definition) is 3. The van der Waals surface area contributed by atoms with Crippen LogP contribution in [0.25, 0.3) is 20.2 Å². The van der Waals surface area contributed by atoms with Gasteiger partial charge in [-0.2, -0.15) is 8.78 Å². The van der Waals surface area contributed by atoms with Crippen molar-refractivity contribution >= 4 is 31.5 Å². The van der Waals surface area contributed by atoms with Crippen LogP contribution in [0.2, 0.25) is 0 Å². The molecule has 0 radical (unpaired) electrons. The van der Waals surface area contributed by atoms with E-state index in [1.807, 2.05) is 6.92 Å². The third kappa shape index (κ3) is 3.77. The highest BCUT2D eigenvalue weighted by Gasteiger charge is 2.44. The molecule has 0 spiro atoms. The molecule has 156 valence electrons. The highest BCUT2D eigenvalue weighted by Crippen LogP contribution is 2.44. The van der Waals surface area contributed by atoms with Gasteiger partial charge in [-0.1, -0.05) is 26.2 Å². The number of unbranched alkanes of at least 4 members (excludes halogenated alkanes) is 1. The molecular formula is C22H22F4O2S. The van der Waals surface area contributed by atoms with E-state index in [2.05, 4.69) is 0 Å². The van der Waals surface area contributed by atoms with Gasteiger partial charge in [0.05, 0.1) is 21.9 Å². The van der Waals surface area contributed by atoms with Gasteiger partial charge in [0.25, 0.3) is 0 Å². The molecule has 0 atom stereocenters. The van der Waals surface area contributed by atoms with Crippen LogP contribution >= 0.6 is 11.3 Å². The van der Waals surface area contributed by atoms with Crippen molar-refractivity contribution in [1.29, 1.82) is 0 Å². The second kappa shape index (κ2) is 8.01. The standard InChI is InChI=1S/C22H22F4O2S/c1-2-3-12-27-16-10-8-14-15-9-11-17(19(24)21(15)29-20(14)18(16)23)28-22(25,26)13-6-4-5-7-13/h8-11,13H,2-7,12H2,1H3. The predicted molar refractivity (Wildman–Crippen MR) is 107 cm³/mol. The molecule has 2 aromatic carbocycles. The van der Waals surface area contributed by atoms with Crippen LogP contribution in [0.3, 0.4) is 0 Å². The van der Waals surface area contributed by atoms with E-state index in [0.717, 1.165) is 37.0 Å². The lowest BCUT2D eigenvalue weighted by molar-refractivity contribution is -0.215. The molecule has 0 saturated heterocycles. The molecule has 0 bridgehead atoms. The third-order valence-electron chi connectivity index (χ3n) is 5.45. The highest BCUT2D eigenvalue weighted by atomic mass is 32.1. The van der Waals surface area contributed by atoms with Crippen LogP contribution < -0.4 is 9.47 Å². The van der Waals surface area contributed by atoms with Gasteiger partial charge in [0.1, 0.15) is 0 Å². The highest BCUT2D eigenvalue weighted by molar-refractivity contribution is 7.25. The molecule has 0 amide bonds. The number of halogens is 4. The molecule has 0 unspecified atom stereocenters. The predicted octanol–water partition coefficient (Wildman–Crippen LogP) is 7.67. The van der Waals surface area contributed by atoms with Gasteiger partial charge in [-0.05, 0) is 43.5 Å². The van der Waals surface area contributed by atoms with Crippen LogP contribution in [-0.4, -0.2) is 12.7 Å². The number of rotatable bonds is 7. The fourth-order valence-corrected chi connectivity index (χ4v) is 4.97. The van der Waals surface area contributed by atoms with E-state index in [4.69, 9.17) is 9.47 Å². The minimum absolute atomic E-state index is 0.101. The van der Waals surface area contributed by atoms with Gasteiger partial charge in [-0.25, -0.2) is 8.78 Å². The zero-order valence-corrected chi connectivity index (χ0v) is 16.9. The van der Waals surface area contributed by atoms with E-state index in [9.17, 15) is 13.2 Å². The Balaban J connectivity index is 1.70. The molecule has 3 aromatic rings. The Bertz CT molecular complexity index is 1020. The average Bonchev–Trinajstić information content (AvgIpc) is 3.35. The van der Waals surface area contributed by atoms with E-state index in [1.165, 1.54) is 18.2 Å². The Kier molecular flexibility index (Phi) is 5.60. The van der Waals surface area contributed by atoms with Gasteiger partial charge in [-0.15, -0.1) is 11.3 Å². The summed E-state index contributed by atoms with van der Waals surface area (Å²) >= 11 is 0.886. The second-order valence-electron chi connectivity index (χ2n) is 7.46. The van der Waals surface area contributed by atoms with Crippen molar-refractivity contribution in [2.45, 2.75) is 51.6 Å². The van der Waals surface area contributed by atoms with Crippen LogP contribution in [0.4, 0.5) is 17.6 Å². The van der Waals surface area contributed by atoms with Crippen molar-refractivity contribution in [3.05, 3.63) is 35.9 Å². The van der Waals surface area contributed by atoms with Gasteiger partial charge in [-0.3, -0.25) is 0 Å². The summed E-state index contributed by atoms with van der Waals surface area (Å²) in [7, 11) is 0. The minimum atomic E-state index is -3.42. The zero-order valence-electron chi connectivity index (χ0n) is 16.1. The van der Waals surface area contributed by atoms with Crippen LogP contribution in [0, 0.1) is 17.6 Å². The maximum Gasteiger partial charge on any atom is 0.400 e. The maximum atomic E-state index is 15.0. The molecule has 0 aliphatic heterocycles. The monoisotopic (exact) mass is 426 g/mol. The first-order valence-electron chi connectivity index (χ1n) is 9.95. The Labute approximate surface area is 170 Å². The topological polar surface area (TPSA) is 18.5 Å². The summed E-state index contributed by atoms with van der Waals surface area (Å²) < 4.78 is 69.3. The molecule has 1 aliphatic carbocycles. The fourth-order valence-electron chi connectivity index (χ4n) is 3.81. The van der Waals surface area contributed by atoms with E-state index in [0.29, 0.717) is 30.2 Å². The lowest BCUT2D eigenvalue weighted by Gasteiger charge is -2.23. The largest absolute Gasteiger partial charge is 0.490 e. The van der Waals surface area contributed by atoms with Crippen molar-refractivity contribution in [3.8, 4) is 11.5 Å². The Morgan fingerprint density at radius 1 is 0.966 bits per heavy atom. The average molecular weight is 426 g/mol. The van der Waals surface area contributed by atoms with E-state index >= 15 is 4.39 Å². The van der Waals surface area contributed by atoms with E-state index < -0.39 is 29.4 Å². The molecule has 1 heterocycles. The second-order valence-corrected chi connectivity index (χ2v) is 8.48. The molecular weight excluding hydrogens is 404 g/mol. The van der Waals surface area contributed by atoms with Gasteiger partial charge in [0.2, 0.25) is 0 Å². The summed E-state index contributed by atoms with van der Waals surface area (Å²) in [4.78, 5) is 0. The number of ether oxygens (including phenoxy) is 2. The fraction of sp³-hybridized carbons (Fsp3) is 0.455. The van der Waals surface area contributed by atoms with Gasteiger partial charge in [0, 0.05) is 10.8 Å². The lowest BCUT2D eigenvalue weighted by Crippen LogP contribution is -2.33. The third-order valence-corrected chi connectivity index (χ3v) is 6.66. The number of fused-ring (bicyclic) bond motifs is 3. The molecule has 0 N–H and O–H groups in total. The Morgan fingerprint density at radius 3 is 2.17 bits per heavy atom. The summed E-state index contributed by atoms with van der Waals surface area (Å²) in [6.45, 7) is 2.40. The van der Waals surface area contributed by atoms with Crippen molar-refractivity contribution < 1.29 is 27.0 Å². The lowest BCUT2D eigenvalue weighted by atomic mass is 10.1.